The highest BCUT2D eigenvalue weighted by molar-refractivity contribution is 5.73. The molecule has 1 atom stereocenters. The Hall–Kier alpha value is -1.10. The highest BCUT2D eigenvalue weighted by atomic mass is 16.4. The number of nitrogens with zero attached hydrogens (tertiary/aromatic N) is 2. The van der Waals surface area contributed by atoms with Crippen molar-refractivity contribution in [3.05, 3.63) is 0 Å². The van der Waals surface area contributed by atoms with Crippen LogP contribution in [0.2, 0.25) is 0 Å². The van der Waals surface area contributed by atoms with Crippen LogP contribution in [0.15, 0.2) is 0 Å². The second-order valence-corrected chi connectivity index (χ2v) is 5.06. The fourth-order valence-corrected chi connectivity index (χ4v) is 2.63. The summed E-state index contributed by atoms with van der Waals surface area (Å²) in [6.07, 6.45) is 4.19. The molecular formula is C12H20N2O3. The first-order valence-corrected chi connectivity index (χ1v) is 6.31. The maximum atomic E-state index is 11.4. The van der Waals surface area contributed by atoms with Crippen LogP contribution >= 0.6 is 0 Å². The summed E-state index contributed by atoms with van der Waals surface area (Å²) in [5.41, 5.74) is 0. The van der Waals surface area contributed by atoms with E-state index < -0.39 is 5.97 Å². The molecule has 96 valence electrons. The number of aliphatic carboxylic acids is 1. The minimum atomic E-state index is -0.767. The third kappa shape index (κ3) is 3.19. The van der Waals surface area contributed by atoms with Gasteiger partial charge in [-0.2, -0.15) is 0 Å². The van der Waals surface area contributed by atoms with Crippen LogP contribution in [0.1, 0.15) is 32.6 Å². The number of piperidine rings is 1. The first-order chi connectivity index (χ1) is 8.08. The number of carboxylic acids is 1. The lowest BCUT2D eigenvalue weighted by atomic mass is 10.0. The number of carbonyl (C=O) groups excluding carboxylic acids is 1. The van der Waals surface area contributed by atoms with Crippen LogP contribution in [-0.4, -0.2) is 58.5 Å². The number of hydrogen-bond acceptors (Lipinski definition) is 3. The van der Waals surface area contributed by atoms with E-state index >= 15 is 0 Å². The fraction of sp³-hybridized carbons (Fsp3) is 0.833. The zero-order valence-electron chi connectivity index (χ0n) is 10.3. The summed E-state index contributed by atoms with van der Waals surface area (Å²) < 4.78 is 0. The van der Waals surface area contributed by atoms with Crippen molar-refractivity contribution in [3.8, 4) is 0 Å². The van der Waals surface area contributed by atoms with Crippen molar-refractivity contribution in [1.29, 1.82) is 0 Å². The average Bonchev–Trinajstić information content (AvgIpc) is 3.09. The highest BCUT2D eigenvalue weighted by Crippen LogP contribution is 2.31. The van der Waals surface area contributed by atoms with Gasteiger partial charge in [-0.1, -0.05) is 0 Å². The SMILES string of the molecule is CC(=O)N1CCC[C@@H](N(CC(=O)O)C2CC2)C1. The second kappa shape index (κ2) is 5.04. The maximum absolute atomic E-state index is 11.4. The largest absolute Gasteiger partial charge is 0.480 e. The van der Waals surface area contributed by atoms with E-state index in [-0.39, 0.29) is 18.5 Å². The van der Waals surface area contributed by atoms with E-state index in [0.717, 1.165) is 32.2 Å². The molecule has 1 aliphatic carbocycles. The number of carbonyl (C=O) groups is 2. The van der Waals surface area contributed by atoms with Gasteiger partial charge in [0, 0.05) is 32.1 Å². The van der Waals surface area contributed by atoms with Crippen molar-refractivity contribution >= 4 is 11.9 Å². The van der Waals surface area contributed by atoms with Crippen LogP contribution in [0.3, 0.4) is 0 Å². The molecule has 0 bridgehead atoms. The van der Waals surface area contributed by atoms with E-state index in [2.05, 4.69) is 4.90 Å². The Morgan fingerprint density at radius 2 is 2.00 bits per heavy atom. The van der Waals surface area contributed by atoms with Crippen LogP contribution in [-0.2, 0) is 9.59 Å². The lowest BCUT2D eigenvalue weighted by molar-refractivity contribution is -0.139. The number of amides is 1. The topological polar surface area (TPSA) is 60.9 Å². The van der Waals surface area contributed by atoms with E-state index in [1.165, 1.54) is 0 Å². The van der Waals surface area contributed by atoms with Gasteiger partial charge in [0.05, 0.1) is 6.54 Å². The molecule has 0 aromatic carbocycles. The van der Waals surface area contributed by atoms with E-state index in [9.17, 15) is 9.59 Å². The summed E-state index contributed by atoms with van der Waals surface area (Å²) >= 11 is 0. The Kier molecular flexibility index (Phi) is 3.66. The third-order valence-corrected chi connectivity index (χ3v) is 3.64. The molecule has 1 saturated heterocycles. The lowest BCUT2D eigenvalue weighted by Gasteiger charge is -2.38. The van der Waals surface area contributed by atoms with Gasteiger partial charge in [-0.15, -0.1) is 0 Å². The summed E-state index contributed by atoms with van der Waals surface area (Å²) in [7, 11) is 0. The molecule has 2 rings (SSSR count). The molecule has 1 amide bonds. The summed E-state index contributed by atoms with van der Waals surface area (Å²) in [4.78, 5) is 26.2. The predicted octanol–water partition coefficient (Wildman–Crippen LogP) is 0.546. The Labute approximate surface area is 101 Å². The zero-order valence-corrected chi connectivity index (χ0v) is 10.3. The standard InChI is InChI=1S/C12H20N2O3/c1-9(15)13-6-2-3-11(7-13)14(8-12(16)17)10-4-5-10/h10-11H,2-8H2,1H3,(H,16,17)/t11-/m1/s1. The monoisotopic (exact) mass is 240 g/mol. The van der Waals surface area contributed by atoms with Gasteiger partial charge < -0.3 is 10.0 Å². The molecule has 0 aromatic rings. The summed E-state index contributed by atoms with van der Waals surface area (Å²) in [5, 5.41) is 8.94. The second-order valence-electron chi connectivity index (χ2n) is 5.06. The van der Waals surface area contributed by atoms with Gasteiger partial charge in [0.15, 0.2) is 0 Å². The molecule has 2 aliphatic rings. The molecule has 5 nitrogen and oxygen atoms in total. The Balaban J connectivity index is 1.97. The third-order valence-electron chi connectivity index (χ3n) is 3.64. The van der Waals surface area contributed by atoms with Crippen LogP contribution in [0.4, 0.5) is 0 Å². The van der Waals surface area contributed by atoms with Gasteiger partial charge in [0.1, 0.15) is 0 Å². The molecule has 0 unspecified atom stereocenters. The Morgan fingerprint density at radius 3 is 2.53 bits per heavy atom. The molecule has 5 heteroatoms. The molecule has 0 aromatic heterocycles. The van der Waals surface area contributed by atoms with Crippen molar-refractivity contribution in [2.45, 2.75) is 44.7 Å². The molecule has 1 aliphatic heterocycles. The van der Waals surface area contributed by atoms with Gasteiger partial charge in [-0.3, -0.25) is 14.5 Å². The van der Waals surface area contributed by atoms with E-state index in [1.807, 2.05) is 4.90 Å². The maximum Gasteiger partial charge on any atom is 0.317 e. The van der Waals surface area contributed by atoms with Crippen molar-refractivity contribution in [2.24, 2.45) is 0 Å². The van der Waals surface area contributed by atoms with Crippen LogP contribution in [0, 0.1) is 0 Å². The lowest BCUT2D eigenvalue weighted by Crippen LogP contribution is -2.51. The minimum absolute atomic E-state index is 0.0979. The normalized spacial score (nSPS) is 25.1. The van der Waals surface area contributed by atoms with Crippen molar-refractivity contribution in [2.75, 3.05) is 19.6 Å². The van der Waals surface area contributed by atoms with Gasteiger partial charge in [0.2, 0.25) is 5.91 Å². The molecule has 2 fully saturated rings. The molecule has 0 radical (unpaired) electrons. The smallest absolute Gasteiger partial charge is 0.317 e. The molecule has 1 saturated carbocycles. The van der Waals surface area contributed by atoms with Crippen LogP contribution in [0.5, 0.6) is 0 Å². The Bertz CT molecular complexity index is 315. The average molecular weight is 240 g/mol. The van der Waals surface area contributed by atoms with Crippen LogP contribution < -0.4 is 0 Å². The van der Waals surface area contributed by atoms with E-state index in [4.69, 9.17) is 5.11 Å². The number of carboxylic acid groups (broad SMARTS) is 1. The molecule has 1 N–H and O–H groups in total. The highest BCUT2D eigenvalue weighted by Gasteiger charge is 2.37. The molecule has 0 spiro atoms. The number of hydrogen-bond donors (Lipinski definition) is 1. The van der Waals surface area contributed by atoms with E-state index in [0.29, 0.717) is 12.6 Å². The fourth-order valence-electron chi connectivity index (χ4n) is 2.63. The van der Waals surface area contributed by atoms with Crippen molar-refractivity contribution in [1.82, 2.24) is 9.80 Å². The molecular weight excluding hydrogens is 220 g/mol. The zero-order chi connectivity index (χ0) is 12.4. The van der Waals surface area contributed by atoms with Crippen molar-refractivity contribution < 1.29 is 14.7 Å². The minimum Gasteiger partial charge on any atom is -0.480 e. The summed E-state index contributed by atoms with van der Waals surface area (Å²) in [6, 6.07) is 0.666. The number of rotatable bonds is 4. The summed E-state index contributed by atoms with van der Waals surface area (Å²) in [6.45, 7) is 3.21. The predicted molar refractivity (Wildman–Crippen MR) is 62.6 cm³/mol. The first-order valence-electron chi connectivity index (χ1n) is 6.31. The van der Waals surface area contributed by atoms with Gasteiger partial charge >= 0.3 is 5.97 Å². The first kappa shape index (κ1) is 12.4. The quantitative estimate of drug-likeness (QED) is 0.779. The Morgan fingerprint density at radius 1 is 1.29 bits per heavy atom. The summed E-state index contributed by atoms with van der Waals surface area (Å²) in [5.74, 6) is -0.669. The number of likely N-dealkylation sites (tertiary alicyclic amines) is 1. The van der Waals surface area contributed by atoms with Crippen LogP contribution in [0.25, 0.3) is 0 Å². The van der Waals surface area contributed by atoms with Gasteiger partial charge in [-0.05, 0) is 25.7 Å². The van der Waals surface area contributed by atoms with E-state index in [1.54, 1.807) is 6.92 Å². The molecule has 17 heavy (non-hydrogen) atoms. The van der Waals surface area contributed by atoms with Gasteiger partial charge in [-0.25, -0.2) is 0 Å². The van der Waals surface area contributed by atoms with Gasteiger partial charge in [0.25, 0.3) is 0 Å². The van der Waals surface area contributed by atoms with Crippen molar-refractivity contribution in [3.63, 3.8) is 0 Å². The molecule has 1 heterocycles.